The van der Waals surface area contributed by atoms with Crippen LogP contribution in [0.2, 0.25) is 0 Å². The third-order valence-corrected chi connectivity index (χ3v) is 2.72. The predicted molar refractivity (Wildman–Crippen MR) is 63.1 cm³/mol. The van der Waals surface area contributed by atoms with Crippen LogP contribution in [0.1, 0.15) is 11.4 Å². The Morgan fingerprint density at radius 3 is 3.00 bits per heavy atom. The number of nitrogens with one attached hydrogen (secondary N) is 1. The topological polar surface area (TPSA) is 54.5 Å². The summed E-state index contributed by atoms with van der Waals surface area (Å²) in [6, 6.07) is 7.85. The summed E-state index contributed by atoms with van der Waals surface area (Å²) in [4.78, 5) is 16.2. The van der Waals surface area contributed by atoms with Gasteiger partial charge in [-0.05, 0) is 18.1 Å². The fourth-order valence-electron chi connectivity index (χ4n) is 1.91. The third-order valence-electron chi connectivity index (χ3n) is 2.72. The van der Waals surface area contributed by atoms with Crippen molar-refractivity contribution in [1.29, 1.82) is 0 Å². The molecule has 0 unspecified atom stereocenters. The van der Waals surface area contributed by atoms with Gasteiger partial charge in [0.25, 0.3) is 0 Å². The van der Waals surface area contributed by atoms with Gasteiger partial charge in [0.15, 0.2) is 17.3 Å². The average Bonchev–Trinajstić information content (AvgIpc) is 2.80. The van der Waals surface area contributed by atoms with E-state index in [0.29, 0.717) is 17.3 Å². The van der Waals surface area contributed by atoms with Crippen molar-refractivity contribution >= 4 is 11.2 Å². The molecule has 0 atom stereocenters. The number of hydrogen-bond acceptors (Lipinski definition) is 3. The number of nitrogens with zero attached hydrogens (tertiary/aromatic N) is 3. The van der Waals surface area contributed by atoms with Crippen molar-refractivity contribution in [1.82, 2.24) is 19.9 Å². The van der Waals surface area contributed by atoms with E-state index >= 15 is 0 Å². The predicted octanol–water partition coefficient (Wildman–Crippen LogP) is 1.73. The molecule has 0 fully saturated rings. The second-order valence-corrected chi connectivity index (χ2v) is 3.81. The molecule has 0 aliphatic carbocycles. The first-order chi connectivity index (χ1) is 8.40. The number of aromatic amines is 1. The summed E-state index contributed by atoms with van der Waals surface area (Å²) in [6.45, 7) is 0. The Hall–Kier alpha value is -2.67. The number of aromatic nitrogens is 4. The van der Waals surface area contributed by atoms with E-state index in [4.69, 9.17) is 0 Å². The molecule has 1 aromatic carbocycles. The van der Waals surface area contributed by atoms with Crippen molar-refractivity contribution in [2.75, 3.05) is 0 Å². The zero-order valence-electron chi connectivity index (χ0n) is 8.73. The van der Waals surface area contributed by atoms with Gasteiger partial charge in [-0.2, -0.15) is 0 Å². The van der Waals surface area contributed by atoms with Crippen molar-refractivity contribution in [3.63, 3.8) is 0 Å². The summed E-state index contributed by atoms with van der Waals surface area (Å²) in [5.74, 6) is 7.40. The van der Waals surface area contributed by atoms with E-state index in [1.54, 1.807) is 6.20 Å². The third kappa shape index (κ3) is 1.16. The van der Waals surface area contributed by atoms with Crippen molar-refractivity contribution in [3.8, 4) is 23.2 Å². The molecule has 2 aromatic heterocycles. The van der Waals surface area contributed by atoms with E-state index in [0.717, 1.165) is 16.6 Å². The van der Waals surface area contributed by atoms with E-state index in [2.05, 4.69) is 31.8 Å². The molecular formula is C13H6N4. The first-order valence-electron chi connectivity index (χ1n) is 5.24. The van der Waals surface area contributed by atoms with E-state index in [1.807, 2.05) is 24.3 Å². The summed E-state index contributed by atoms with van der Waals surface area (Å²) in [7, 11) is 0. The summed E-state index contributed by atoms with van der Waals surface area (Å²) in [5.41, 5.74) is 3.35. The van der Waals surface area contributed by atoms with Crippen LogP contribution in [0.25, 0.3) is 22.6 Å². The quantitative estimate of drug-likeness (QED) is 0.457. The lowest BCUT2D eigenvalue weighted by Crippen LogP contribution is -1.92. The number of fused-ring (bicyclic) bond motifs is 4. The molecule has 4 nitrogen and oxygen atoms in total. The number of imidazole rings is 1. The lowest BCUT2D eigenvalue weighted by atomic mass is 10.1. The van der Waals surface area contributed by atoms with E-state index in [1.165, 1.54) is 0 Å². The maximum absolute atomic E-state index is 4.43. The smallest absolute Gasteiger partial charge is 0.185 e. The molecule has 0 spiro atoms. The van der Waals surface area contributed by atoms with Crippen molar-refractivity contribution in [3.05, 3.63) is 41.9 Å². The second kappa shape index (κ2) is 2.92. The summed E-state index contributed by atoms with van der Waals surface area (Å²) in [6.07, 6.45) is 1.75. The lowest BCUT2D eigenvalue weighted by Gasteiger charge is -2.02. The van der Waals surface area contributed by atoms with Crippen LogP contribution in [0.3, 0.4) is 0 Å². The molecule has 4 heteroatoms. The van der Waals surface area contributed by atoms with Gasteiger partial charge in [0.1, 0.15) is 5.52 Å². The van der Waals surface area contributed by atoms with E-state index in [9.17, 15) is 0 Å². The second-order valence-electron chi connectivity index (χ2n) is 3.81. The number of H-pyrrole nitrogens is 1. The Morgan fingerprint density at radius 2 is 2.00 bits per heavy atom. The minimum Gasteiger partial charge on any atom is -0.329 e. The van der Waals surface area contributed by atoms with Crippen molar-refractivity contribution < 1.29 is 0 Å². The van der Waals surface area contributed by atoms with Gasteiger partial charge in [0.2, 0.25) is 0 Å². The largest absolute Gasteiger partial charge is 0.329 e. The Bertz CT molecular complexity index is 805. The molecule has 3 aromatic rings. The Balaban J connectivity index is 2.21. The molecule has 0 saturated carbocycles. The molecule has 0 saturated heterocycles. The summed E-state index contributed by atoms with van der Waals surface area (Å²) in [5, 5.41) is 0. The Kier molecular flexibility index (Phi) is 1.46. The van der Waals surface area contributed by atoms with E-state index < -0.39 is 0 Å². The summed E-state index contributed by atoms with van der Waals surface area (Å²) >= 11 is 0. The minimum absolute atomic E-state index is 0.628. The maximum atomic E-state index is 4.43. The van der Waals surface area contributed by atoms with Crippen LogP contribution in [-0.4, -0.2) is 19.9 Å². The first kappa shape index (κ1) is 8.48. The highest BCUT2D eigenvalue weighted by atomic mass is 15.0. The van der Waals surface area contributed by atoms with Gasteiger partial charge in [0.05, 0.1) is 6.20 Å². The maximum Gasteiger partial charge on any atom is 0.185 e. The van der Waals surface area contributed by atoms with Gasteiger partial charge in [-0.25, -0.2) is 15.0 Å². The molecule has 78 valence electrons. The Labute approximate surface area is 96.8 Å². The van der Waals surface area contributed by atoms with Crippen LogP contribution >= 0.6 is 0 Å². The summed E-state index contributed by atoms with van der Waals surface area (Å²) < 4.78 is 0. The number of hydrogen-bond donors (Lipinski definition) is 1. The SMILES string of the molecule is C1#Cc2ccccc2-c2ncc3[nH]c1nc3n2. The van der Waals surface area contributed by atoms with Gasteiger partial charge in [0, 0.05) is 11.1 Å². The Morgan fingerprint density at radius 1 is 1.06 bits per heavy atom. The van der Waals surface area contributed by atoms with Crippen LogP contribution in [-0.2, 0) is 0 Å². The zero-order chi connectivity index (χ0) is 11.2. The lowest BCUT2D eigenvalue weighted by molar-refractivity contribution is 1.20. The van der Waals surface area contributed by atoms with Crippen LogP contribution in [0, 0.1) is 11.8 Å². The molecule has 4 rings (SSSR count). The van der Waals surface area contributed by atoms with Crippen LogP contribution < -0.4 is 0 Å². The number of rotatable bonds is 0. The van der Waals surface area contributed by atoms with Crippen molar-refractivity contribution in [2.45, 2.75) is 0 Å². The highest BCUT2D eigenvalue weighted by molar-refractivity contribution is 5.76. The molecule has 3 heterocycles. The monoisotopic (exact) mass is 218 g/mol. The van der Waals surface area contributed by atoms with Crippen LogP contribution in [0.4, 0.5) is 0 Å². The van der Waals surface area contributed by atoms with Gasteiger partial charge in [-0.1, -0.05) is 18.1 Å². The standard InChI is InChI=1S/C13H6N4/c1-2-4-9-8(3-1)5-6-11-15-10-7-14-12(9)17-13(10)16-11/h1-4,7H,(H,14,15,16,17). The molecule has 0 radical (unpaired) electrons. The highest BCUT2D eigenvalue weighted by Gasteiger charge is 2.11. The number of benzene rings is 1. The van der Waals surface area contributed by atoms with Gasteiger partial charge < -0.3 is 4.98 Å². The molecule has 0 amide bonds. The fourth-order valence-corrected chi connectivity index (χ4v) is 1.91. The van der Waals surface area contributed by atoms with Gasteiger partial charge >= 0.3 is 0 Å². The van der Waals surface area contributed by atoms with Crippen molar-refractivity contribution in [2.24, 2.45) is 0 Å². The van der Waals surface area contributed by atoms with Gasteiger partial charge in [-0.3, -0.25) is 0 Å². The molecule has 1 N–H and O–H groups in total. The van der Waals surface area contributed by atoms with Crippen LogP contribution in [0.5, 0.6) is 0 Å². The molecule has 3 bridgehead atoms. The molecule has 1 aliphatic heterocycles. The molecule has 1 aliphatic rings. The zero-order valence-corrected chi connectivity index (χ0v) is 8.73. The van der Waals surface area contributed by atoms with E-state index in [-0.39, 0.29) is 0 Å². The molecule has 17 heavy (non-hydrogen) atoms. The fraction of sp³-hybridized carbons (Fsp3) is 0. The molecular weight excluding hydrogens is 212 g/mol. The minimum atomic E-state index is 0.628. The highest BCUT2D eigenvalue weighted by Crippen LogP contribution is 2.22. The average molecular weight is 218 g/mol. The first-order valence-corrected chi connectivity index (χ1v) is 5.24. The normalized spacial score (nSPS) is 11.5. The van der Waals surface area contributed by atoms with Gasteiger partial charge in [-0.15, -0.1) is 0 Å². The van der Waals surface area contributed by atoms with Crippen LogP contribution in [0.15, 0.2) is 30.5 Å².